The molecule has 1 amide bonds. The molecule has 0 fully saturated rings. The van der Waals surface area contributed by atoms with Crippen molar-refractivity contribution in [2.24, 2.45) is 5.10 Å². The predicted octanol–water partition coefficient (Wildman–Crippen LogP) is 4.37. The number of carbonyl (C=O) groups is 1. The maximum absolute atomic E-state index is 12.1. The van der Waals surface area contributed by atoms with Gasteiger partial charge in [-0.15, -0.1) is 0 Å². The molecule has 0 unspecified atom stereocenters. The van der Waals surface area contributed by atoms with E-state index in [4.69, 9.17) is 9.47 Å². The van der Waals surface area contributed by atoms with Crippen LogP contribution >= 0.6 is 0 Å². The molecule has 1 aromatic heterocycles. The fourth-order valence-corrected chi connectivity index (χ4v) is 3.14. The lowest BCUT2D eigenvalue weighted by Crippen LogP contribution is -2.24. The van der Waals surface area contributed by atoms with Gasteiger partial charge in [-0.3, -0.25) is 30.0 Å². The van der Waals surface area contributed by atoms with Crippen molar-refractivity contribution in [3.05, 3.63) is 105 Å². The van der Waals surface area contributed by atoms with E-state index in [-0.39, 0.29) is 18.1 Å². The number of carbonyl (C=O) groups excluding carboxylic acids is 1. The van der Waals surface area contributed by atoms with Gasteiger partial charge in [-0.2, -0.15) is 5.10 Å². The Kier molecular flexibility index (Phi) is 7.06. The maximum atomic E-state index is 12.1. The summed E-state index contributed by atoms with van der Waals surface area (Å²) in [5, 5.41) is 26.9. The number of nitrogens with one attached hydrogen (secondary N) is 1. The first-order chi connectivity index (χ1) is 17.4. The van der Waals surface area contributed by atoms with Gasteiger partial charge in [0, 0.05) is 17.6 Å². The Morgan fingerprint density at radius 3 is 2.50 bits per heavy atom. The number of rotatable bonds is 9. The number of benzene rings is 3. The van der Waals surface area contributed by atoms with Gasteiger partial charge >= 0.3 is 5.69 Å². The highest BCUT2D eigenvalue weighted by atomic mass is 16.6. The standard InChI is InChI=1S/C24H17N5O7/c30-23(15-35-22-5-1-3-17-4-2-12-25-24(17)22)27-26-14-16-6-9-19(10-7-16)36-21-11-8-18(28(31)32)13-20(21)29(33)34/h1-14H,15H2,(H,27,30). The molecule has 0 aliphatic rings. The normalized spacial score (nSPS) is 10.8. The lowest BCUT2D eigenvalue weighted by molar-refractivity contribution is -0.394. The molecule has 0 spiro atoms. The van der Waals surface area contributed by atoms with Crippen LogP contribution in [0.3, 0.4) is 0 Å². The van der Waals surface area contributed by atoms with Crippen molar-refractivity contribution < 1.29 is 24.1 Å². The van der Waals surface area contributed by atoms with E-state index in [1.54, 1.807) is 24.4 Å². The molecule has 180 valence electrons. The number of nitro benzene ring substituents is 2. The smallest absolute Gasteiger partial charge is 0.318 e. The summed E-state index contributed by atoms with van der Waals surface area (Å²) >= 11 is 0. The number of hydrazone groups is 1. The van der Waals surface area contributed by atoms with Gasteiger partial charge in [0.05, 0.1) is 22.1 Å². The van der Waals surface area contributed by atoms with Crippen molar-refractivity contribution in [1.82, 2.24) is 10.4 Å². The Balaban J connectivity index is 1.33. The molecule has 3 aromatic carbocycles. The number of amides is 1. The molecule has 12 heteroatoms. The third-order valence-electron chi connectivity index (χ3n) is 4.82. The first-order valence-corrected chi connectivity index (χ1v) is 10.4. The number of non-ortho nitro benzene ring substituents is 1. The third kappa shape index (κ3) is 5.75. The zero-order valence-corrected chi connectivity index (χ0v) is 18.4. The van der Waals surface area contributed by atoms with Crippen LogP contribution in [0.15, 0.2) is 84.1 Å². The van der Waals surface area contributed by atoms with Gasteiger partial charge in [-0.05, 0) is 48.0 Å². The Morgan fingerprint density at radius 1 is 0.972 bits per heavy atom. The average Bonchev–Trinajstić information content (AvgIpc) is 2.88. The van der Waals surface area contributed by atoms with E-state index in [2.05, 4.69) is 15.5 Å². The number of fused-ring (bicyclic) bond motifs is 1. The topological polar surface area (TPSA) is 159 Å². The van der Waals surface area contributed by atoms with Gasteiger partial charge < -0.3 is 9.47 Å². The molecular weight excluding hydrogens is 470 g/mol. The highest BCUT2D eigenvalue weighted by Crippen LogP contribution is 2.34. The summed E-state index contributed by atoms with van der Waals surface area (Å²) in [4.78, 5) is 36.9. The zero-order valence-electron chi connectivity index (χ0n) is 18.4. The van der Waals surface area contributed by atoms with Crippen molar-refractivity contribution in [2.45, 2.75) is 0 Å². The van der Waals surface area contributed by atoms with Gasteiger partial charge in [0.2, 0.25) is 5.75 Å². The van der Waals surface area contributed by atoms with Crippen LogP contribution < -0.4 is 14.9 Å². The molecule has 1 heterocycles. The molecular formula is C24H17N5O7. The average molecular weight is 487 g/mol. The third-order valence-corrected chi connectivity index (χ3v) is 4.82. The molecule has 0 aliphatic heterocycles. The Bertz CT molecular complexity index is 1470. The van der Waals surface area contributed by atoms with Crippen molar-refractivity contribution in [1.29, 1.82) is 0 Å². The quantitative estimate of drug-likeness (QED) is 0.207. The largest absolute Gasteiger partial charge is 0.481 e. The highest BCUT2D eigenvalue weighted by molar-refractivity contribution is 5.85. The molecule has 36 heavy (non-hydrogen) atoms. The lowest BCUT2D eigenvalue weighted by Gasteiger charge is -2.07. The van der Waals surface area contributed by atoms with E-state index >= 15 is 0 Å². The van der Waals surface area contributed by atoms with E-state index in [9.17, 15) is 25.0 Å². The van der Waals surface area contributed by atoms with Gasteiger partial charge in [0.15, 0.2) is 6.61 Å². The number of nitro groups is 2. The van der Waals surface area contributed by atoms with Crippen molar-refractivity contribution >= 4 is 34.4 Å². The van der Waals surface area contributed by atoms with E-state index < -0.39 is 27.1 Å². The van der Waals surface area contributed by atoms with Crippen LogP contribution in [0.25, 0.3) is 10.9 Å². The van der Waals surface area contributed by atoms with Crippen molar-refractivity contribution in [2.75, 3.05) is 6.61 Å². The van der Waals surface area contributed by atoms with Crippen LogP contribution in [0.1, 0.15) is 5.56 Å². The maximum Gasteiger partial charge on any atom is 0.318 e. The fourth-order valence-electron chi connectivity index (χ4n) is 3.14. The van der Waals surface area contributed by atoms with Crippen LogP contribution in [-0.4, -0.2) is 33.6 Å². The van der Waals surface area contributed by atoms with Gasteiger partial charge in [-0.25, -0.2) is 5.43 Å². The number of aromatic nitrogens is 1. The number of nitrogens with zero attached hydrogens (tertiary/aromatic N) is 4. The summed E-state index contributed by atoms with van der Waals surface area (Å²) in [6.45, 7) is -0.256. The molecule has 0 aliphatic carbocycles. The lowest BCUT2D eigenvalue weighted by atomic mass is 10.2. The Labute approximate surface area is 203 Å². The molecule has 0 radical (unpaired) electrons. The van der Waals surface area contributed by atoms with E-state index in [0.29, 0.717) is 16.8 Å². The monoisotopic (exact) mass is 487 g/mol. The number of pyridine rings is 1. The molecule has 0 saturated carbocycles. The van der Waals surface area contributed by atoms with E-state index in [0.717, 1.165) is 23.6 Å². The summed E-state index contributed by atoms with van der Waals surface area (Å²) in [6.07, 6.45) is 3.04. The summed E-state index contributed by atoms with van der Waals surface area (Å²) in [7, 11) is 0. The minimum absolute atomic E-state index is 0.138. The second-order valence-electron chi connectivity index (χ2n) is 7.25. The van der Waals surface area contributed by atoms with E-state index in [1.165, 1.54) is 18.3 Å². The second kappa shape index (κ2) is 10.7. The molecule has 0 saturated heterocycles. The summed E-state index contributed by atoms with van der Waals surface area (Å²) < 4.78 is 11.1. The van der Waals surface area contributed by atoms with Crippen LogP contribution in [0, 0.1) is 20.2 Å². The van der Waals surface area contributed by atoms with Crippen molar-refractivity contribution in [3.63, 3.8) is 0 Å². The Hall–Kier alpha value is -5.39. The fraction of sp³-hybridized carbons (Fsp3) is 0.0417. The summed E-state index contributed by atoms with van der Waals surface area (Å²) in [5.41, 5.74) is 2.68. The van der Waals surface area contributed by atoms with E-state index in [1.807, 2.05) is 24.3 Å². The van der Waals surface area contributed by atoms with Crippen molar-refractivity contribution in [3.8, 4) is 17.2 Å². The molecule has 12 nitrogen and oxygen atoms in total. The van der Waals surface area contributed by atoms with Crippen LogP contribution in [-0.2, 0) is 4.79 Å². The summed E-state index contributed by atoms with van der Waals surface area (Å²) in [5.74, 6) is 0.145. The second-order valence-corrected chi connectivity index (χ2v) is 7.25. The first-order valence-electron chi connectivity index (χ1n) is 10.4. The molecule has 0 bridgehead atoms. The highest BCUT2D eigenvalue weighted by Gasteiger charge is 2.21. The first kappa shape index (κ1) is 23.8. The predicted molar refractivity (Wildman–Crippen MR) is 129 cm³/mol. The van der Waals surface area contributed by atoms with Crippen LogP contribution in [0.4, 0.5) is 11.4 Å². The van der Waals surface area contributed by atoms with Gasteiger partial charge in [0.1, 0.15) is 17.0 Å². The SMILES string of the molecule is O=C(COc1cccc2cccnc12)NN=Cc1ccc(Oc2ccc([N+](=O)[O-])cc2[N+](=O)[O-])cc1. The van der Waals surface area contributed by atoms with Crippen LogP contribution in [0.2, 0.25) is 0 Å². The van der Waals surface area contributed by atoms with Gasteiger partial charge in [0.25, 0.3) is 11.6 Å². The molecule has 0 atom stereocenters. The number of ether oxygens (including phenoxy) is 2. The zero-order chi connectivity index (χ0) is 25.5. The minimum Gasteiger partial charge on any atom is -0.481 e. The molecule has 4 rings (SSSR count). The summed E-state index contributed by atoms with van der Waals surface area (Å²) in [6, 6.07) is 18.5. The van der Waals surface area contributed by atoms with Gasteiger partial charge in [-0.1, -0.05) is 18.2 Å². The molecule has 1 N–H and O–H groups in total. The Morgan fingerprint density at radius 2 is 1.75 bits per heavy atom. The number of para-hydroxylation sites is 1. The minimum atomic E-state index is -0.757. The number of hydrogen-bond acceptors (Lipinski definition) is 9. The molecule has 4 aromatic rings. The number of hydrogen-bond donors (Lipinski definition) is 1. The van der Waals surface area contributed by atoms with Crippen LogP contribution in [0.5, 0.6) is 17.2 Å².